The molecule has 0 saturated carbocycles. The largest absolute Gasteiger partial charge is 0.457 e. The predicted octanol–water partition coefficient (Wildman–Crippen LogP) is 7.43. The zero-order chi connectivity index (χ0) is 21.2. The maximum absolute atomic E-state index is 13.5. The molecule has 0 aliphatic carbocycles. The Bertz CT molecular complexity index is 1470. The SMILES string of the molecule is N#C/C(=C\c1ccc(-c2cccc(F)c2)o1)c1nc(-c2ccc3ccccc3c2)cs1. The number of benzene rings is 3. The van der Waals surface area contributed by atoms with Gasteiger partial charge in [-0.15, -0.1) is 11.3 Å². The van der Waals surface area contributed by atoms with Crippen LogP contribution in [0.5, 0.6) is 0 Å². The van der Waals surface area contributed by atoms with E-state index in [-0.39, 0.29) is 5.82 Å². The molecule has 0 bridgehead atoms. The van der Waals surface area contributed by atoms with Gasteiger partial charge < -0.3 is 4.42 Å². The van der Waals surface area contributed by atoms with Crippen molar-refractivity contribution in [1.29, 1.82) is 5.26 Å². The van der Waals surface area contributed by atoms with Crippen LogP contribution in [0.4, 0.5) is 4.39 Å². The van der Waals surface area contributed by atoms with Crippen molar-refractivity contribution in [1.82, 2.24) is 4.98 Å². The van der Waals surface area contributed by atoms with E-state index in [1.54, 1.807) is 30.3 Å². The summed E-state index contributed by atoms with van der Waals surface area (Å²) in [5, 5.41) is 14.6. The lowest BCUT2D eigenvalue weighted by atomic mass is 10.1. The van der Waals surface area contributed by atoms with Gasteiger partial charge in [0, 0.05) is 22.6 Å². The highest BCUT2D eigenvalue weighted by Gasteiger charge is 2.11. The molecule has 5 heteroatoms. The fourth-order valence-corrected chi connectivity index (χ4v) is 4.18. The smallest absolute Gasteiger partial charge is 0.134 e. The zero-order valence-corrected chi connectivity index (χ0v) is 17.1. The fraction of sp³-hybridized carbons (Fsp3) is 0. The van der Waals surface area contributed by atoms with Crippen LogP contribution in [0.1, 0.15) is 10.8 Å². The van der Waals surface area contributed by atoms with Crippen LogP contribution in [0.3, 0.4) is 0 Å². The number of allylic oxidation sites excluding steroid dienone is 1. The minimum atomic E-state index is -0.326. The van der Waals surface area contributed by atoms with Crippen LogP contribution in [0.25, 0.3) is 45.0 Å². The van der Waals surface area contributed by atoms with Gasteiger partial charge >= 0.3 is 0 Å². The number of aromatic nitrogens is 1. The lowest BCUT2D eigenvalue weighted by Gasteiger charge is -2.00. The molecule has 0 amide bonds. The van der Waals surface area contributed by atoms with Crippen molar-refractivity contribution in [3.8, 4) is 28.7 Å². The summed E-state index contributed by atoms with van der Waals surface area (Å²) in [4.78, 5) is 4.67. The van der Waals surface area contributed by atoms with Crippen LogP contribution in [0.15, 0.2) is 88.7 Å². The van der Waals surface area contributed by atoms with E-state index in [4.69, 9.17) is 4.42 Å². The minimum absolute atomic E-state index is 0.326. The third-order valence-corrected chi connectivity index (χ3v) is 5.80. The number of nitriles is 1. The Kier molecular flexibility index (Phi) is 4.91. The first-order chi connectivity index (χ1) is 15.2. The van der Waals surface area contributed by atoms with E-state index in [2.05, 4.69) is 35.3 Å². The van der Waals surface area contributed by atoms with Crippen molar-refractivity contribution in [2.75, 3.05) is 0 Å². The van der Waals surface area contributed by atoms with Crippen LogP contribution in [-0.2, 0) is 0 Å². The Labute approximate surface area is 182 Å². The van der Waals surface area contributed by atoms with E-state index >= 15 is 0 Å². The van der Waals surface area contributed by atoms with Gasteiger partial charge in [-0.3, -0.25) is 0 Å². The molecule has 0 atom stereocenters. The Balaban J connectivity index is 1.45. The first-order valence-corrected chi connectivity index (χ1v) is 10.5. The molecule has 0 aliphatic heterocycles. The van der Waals surface area contributed by atoms with Crippen molar-refractivity contribution >= 4 is 33.8 Å². The summed E-state index contributed by atoms with van der Waals surface area (Å²) in [6.07, 6.45) is 1.66. The van der Waals surface area contributed by atoms with Crippen LogP contribution in [0.2, 0.25) is 0 Å². The Morgan fingerprint density at radius 2 is 1.81 bits per heavy atom. The van der Waals surface area contributed by atoms with E-state index in [1.165, 1.54) is 28.9 Å². The maximum Gasteiger partial charge on any atom is 0.134 e. The molecule has 0 N–H and O–H groups in total. The van der Waals surface area contributed by atoms with Crippen molar-refractivity contribution in [3.05, 3.63) is 101 Å². The van der Waals surface area contributed by atoms with E-state index in [0.717, 1.165) is 16.6 Å². The van der Waals surface area contributed by atoms with Crippen molar-refractivity contribution in [2.24, 2.45) is 0 Å². The van der Waals surface area contributed by atoms with Crippen molar-refractivity contribution in [2.45, 2.75) is 0 Å². The summed E-state index contributed by atoms with van der Waals surface area (Å²) in [6, 6.07) is 26.3. The second kappa shape index (κ2) is 8.02. The van der Waals surface area contributed by atoms with Gasteiger partial charge in [0.25, 0.3) is 0 Å². The monoisotopic (exact) mass is 422 g/mol. The Morgan fingerprint density at radius 1 is 0.935 bits per heavy atom. The average Bonchev–Trinajstić information content (AvgIpc) is 3.47. The number of fused-ring (bicyclic) bond motifs is 1. The van der Waals surface area contributed by atoms with Gasteiger partial charge in [0.1, 0.15) is 28.4 Å². The van der Waals surface area contributed by atoms with Gasteiger partial charge in [0.15, 0.2) is 0 Å². The van der Waals surface area contributed by atoms with Crippen molar-refractivity contribution in [3.63, 3.8) is 0 Å². The lowest BCUT2D eigenvalue weighted by molar-refractivity contribution is 0.570. The van der Waals surface area contributed by atoms with Crippen molar-refractivity contribution < 1.29 is 8.81 Å². The van der Waals surface area contributed by atoms with Gasteiger partial charge in [-0.2, -0.15) is 5.26 Å². The quantitative estimate of drug-likeness (QED) is 0.283. The summed E-state index contributed by atoms with van der Waals surface area (Å²) >= 11 is 1.41. The van der Waals surface area contributed by atoms with E-state index < -0.39 is 0 Å². The number of furan rings is 1. The number of thiazole rings is 1. The molecule has 3 aromatic carbocycles. The molecular weight excluding hydrogens is 407 g/mol. The van der Waals surface area contributed by atoms with Crippen LogP contribution >= 0.6 is 11.3 Å². The summed E-state index contributed by atoms with van der Waals surface area (Å²) in [7, 11) is 0. The highest BCUT2D eigenvalue weighted by Crippen LogP contribution is 2.30. The highest BCUT2D eigenvalue weighted by atomic mass is 32.1. The molecule has 2 aromatic heterocycles. The summed E-state index contributed by atoms with van der Waals surface area (Å²) < 4.78 is 19.3. The van der Waals surface area contributed by atoms with Gasteiger partial charge in [-0.25, -0.2) is 9.37 Å². The minimum Gasteiger partial charge on any atom is -0.457 e. The van der Waals surface area contributed by atoms with Gasteiger partial charge in [-0.1, -0.05) is 48.5 Å². The second-order valence-electron chi connectivity index (χ2n) is 6.98. The van der Waals surface area contributed by atoms with E-state index in [0.29, 0.717) is 27.7 Å². The molecule has 0 spiro atoms. The van der Waals surface area contributed by atoms with Gasteiger partial charge in [-0.05, 0) is 41.1 Å². The molecule has 2 heterocycles. The standard InChI is InChI=1S/C26H15FN2OS/c27-22-7-3-6-20(13-22)25-11-10-23(30-25)14-21(15-28)26-29-24(16-31-26)19-9-8-17-4-1-2-5-18(17)12-19/h1-14,16H/b21-14+. The van der Waals surface area contributed by atoms with Gasteiger partial charge in [0.05, 0.1) is 11.3 Å². The molecule has 0 unspecified atom stereocenters. The van der Waals surface area contributed by atoms with E-state index in [9.17, 15) is 9.65 Å². The number of halogens is 1. The fourth-order valence-electron chi connectivity index (χ4n) is 3.39. The number of hydrogen-bond donors (Lipinski definition) is 0. The molecule has 0 radical (unpaired) electrons. The lowest BCUT2D eigenvalue weighted by Crippen LogP contribution is -1.83. The van der Waals surface area contributed by atoms with Crippen LogP contribution < -0.4 is 0 Å². The number of rotatable bonds is 4. The van der Waals surface area contributed by atoms with Crippen LogP contribution in [0, 0.1) is 17.1 Å². The molecule has 5 aromatic rings. The molecule has 0 fully saturated rings. The summed E-state index contributed by atoms with van der Waals surface area (Å²) in [6.45, 7) is 0. The van der Waals surface area contributed by atoms with Crippen LogP contribution in [-0.4, -0.2) is 4.98 Å². The number of hydrogen-bond acceptors (Lipinski definition) is 4. The maximum atomic E-state index is 13.5. The van der Waals surface area contributed by atoms with E-state index in [1.807, 2.05) is 23.6 Å². The normalized spacial score (nSPS) is 11.5. The zero-order valence-electron chi connectivity index (χ0n) is 16.2. The molecule has 5 rings (SSSR count). The summed E-state index contributed by atoms with van der Waals surface area (Å²) in [5.41, 5.74) is 2.89. The average molecular weight is 422 g/mol. The molecule has 31 heavy (non-hydrogen) atoms. The number of nitrogens with zero attached hydrogens (tertiary/aromatic N) is 2. The molecular formula is C26H15FN2OS. The molecule has 3 nitrogen and oxygen atoms in total. The third-order valence-electron chi connectivity index (χ3n) is 4.92. The Morgan fingerprint density at radius 3 is 2.65 bits per heavy atom. The summed E-state index contributed by atoms with van der Waals surface area (Å²) in [5.74, 6) is 0.727. The predicted molar refractivity (Wildman–Crippen MR) is 123 cm³/mol. The molecule has 0 aliphatic rings. The third kappa shape index (κ3) is 3.89. The molecule has 0 saturated heterocycles. The highest BCUT2D eigenvalue weighted by molar-refractivity contribution is 7.11. The molecule has 148 valence electrons. The topological polar surface area (TPSA) is 49.8 Å². The first-order valence-electron chi connectivity index (χ1n) is 9.62. The second-order valence-corrected chi connectivity index (χ2v) is 7.84. The first kappa shape index (κ1) is 19.0. The van der Waals surface area contributed by atoms with Gasteiger partial charge in [0.2, 0.25) is 0 Å². The Hall–Kier alpha value is -4.01.